The summed E-state index contributed by atoms with van der Waals surface area (Å²) in [4.78, 5) is 78.9. The van der Waals surface area contributed by atoms with Gasteiger partial charge >= 0.3 is 11.9 Å². The molecule has 6 fully saturated rings. The number of carboxylic acids is 2. The number of carbonyl (C=O) groups is 6. The first-order valence-corrected chi connectivity index (χ1v) is 46.6. The molecule has 0 aromatic rings. The summed E-state index contributed by atoms with van der Waals surface area (Å²) < 4.78 is 70.4. The van der Waals surface area contributed by atoms with E-state index in [0.29, 0.717) is 12.8 Å². The number of nitrogens with one attached hydrogen (secondary N) is 4. The predicted molar refractivity (Wildman–Crippen MR) is 452 cm³/mol. The van der Waals surface area contributed by atoms with Crippen LogP contribution in [-0.2, 0) is 85.6 Å². The monoisotopic (exact) mass is 1900 g/mol. The molecule has 27 N–H and O–H groups in total. The van der Waals surface area contributed by atoms with Crippen LogP contribution < -0.4 is 21.3 Å². The fraction of sp³-hybridized carbons (Fsp3) is 0.907. The first kappa shape index (κ1) is 115. The van der Waals surface area contributed by atoms with Crippen molar-refractivity contribution < 1.29 is 203 Å². The van der Waals surface area contributed by atoms with Gasteiger partial charge in [0, 0.05) is 26.2 Å². The molecule has 45 heteroatoms. The molecule has 0 aliphatic carbocycles. The molecule has 0 radical (unpaired) electrons. The van der Waals surface area contributed by atoms with E-state index in [1.54, 1.807) is 6.08 Å². The minimum atomic E-state index is -3.59. The maximum atomic E-state index is 13.8. The van der Waals surface area contributed by atoms with Crippen LogP contribution in [0.4, 0.5) is 0 Å². The third kappa shape index (κ3) is 34.1. The van der Waals surface area contributed by atoms with Crippen molar-refractivity contribution in [2.75, 3.05) is 59.5 Å². The molecule has 34 atom stereocenters. The smallest absolute Gasteiger partial charge is 0.364 e. The zero-order valence-corrected chi connectivity index (χ0v) is 75.3. The van der Waals surface area contributed by atoms with Crippen molar-refractivity contribution in [2.24, 2.45) is 0 Å². The average molecular weight is 1900 g/mol. The summed E-state index contributed by atoms with van der Waals surface area (Å²) in [6.07, 6.45) is -27.9. The van der Waals surface area contributed by atoms with Gasteiger partial charge in [0.2, 0.25) is 23.6 Å². The van der Waals surface area contributed by atoms with Crippen LogP contribution in [-0.4, -0.2) is 420 Å². The number of ether oxygens (including phenoxy) is 12. The first-order valence-electron chi connectivity index (χ1n) is 46.6. The molecule has 0 aromatic carbocycles. The Bertz CT molecular complexity index is 3280. The lowest BCUT2D eigenvalue weighted by Gasteiger charge is -2.52. The van der Waals surface area contributed by atoms with Crippen LogP contribution in [0.3, 0.4) is 0 Å². The van der Waals surface area contributed by atoms with Crippen LogP contribution >= 0.6 is 0 Å². The number of carbonyl (C=O) groups excluding carboxylic acids is 4. The molecule has 762 valence electrons. The van der Waals surface area contributed by atoms with Crippen molar-refractivity contribution >= 4 is 35.6 Å². The van der Waals surface area contributed by atoms with Crippen molar-refractivity contribution in [3.8, 4) is 0 Å². The Morgan fingerprint density at radius 2 is 0.824 bits per heavy atom. The van der Waals surface area contributed by atoms with Crippen LogP contribution in [0, 0.1) is 0 Å². The Morgan fingerprint density at radius 1 is 0.420 bits per heavy atom. The maximum Gasteiger partial charge on any atom is 0.364 e. The summed E-state index contributed by atoms with van der Waals surface area (Å²) in [5.41, 5.74) is 0. The zero-order chi connectivity index (χ0) is 96.7. The summed E-state index contributed by atoms with van der Waals surface area (Å²) in [5, 5.41) is 265. The molecule has 0 spiro atoms. The number of amides is 4. The van der Waals surface area contributed by atoms with Crippen LogP contribution in [0.25, 0.3) is 0 Å². The van der Waals surface area contributed by atoms with Gasteiger partial charge in [0.25, 0.3) is 11.6 Å². The number of carboxylic acid groups (broad SMARTS) is 2. The summed E-state index contributed by atoms with van der Waals surface area (Å²) in [7, 11) is 0. The van der Waals surface area contributed by atoms with Crippen molar-refractivity contribution in [3.05, 3.63) is 12.2 Å². The van der Waals surface area contributed by atoms with Gasteiger partial charge in [0.15, 0.2) is 25.2 Å². The second-order valence-corrected chi connectivity index (χ2v) is 35.0. The topological polar surface area (TPSA) is 727 Å². The van der Waals surface area contributed by atoms with E-state index >= 15 is 0 Å². The van der Waals surface area contributed by atoms with Gasteiger partial charge in [0.1, 0.15) is 147 Å². The number of aliphatic hydroxyl groups excluding tert-OH is 21. The van der Waals surface area contributed by atoms with Gasteiger partial charge in [0.05, 0.1) is 82.7 Å². The van der Waals surface area contributed by atoms with Gasteiger partial charge in [-0.2, -0.15) is 0 Å². The van der Waals surface area contributed by atoms with E-state index in [0.717, 1.165) is 64.7 Å². The van der Waals surface area contributed by atoms with E-state index in [9.17, 15) is 146 Å². The van der Waals surface area contributed by atoms with E-state index < -0.39 is 309 Å². The highest BCUT2D eigenvalue weighted by atomic mass is 16.8. The van der Waals surface area contributed by atoms with Crippen molar-refractivity contribution in [2.45, 2.75) is 434 Å². The molecule has 6 aliphatic heterocycles. The number of allylic oxidation sites excluding steroid dienone is 1. The van der Waals surface area contributed by atoms with Crippen LogP contribution in [0.15, 0.2) is 12.2 Å². The summed E-state index contributed by atoms with van der Waals surface area (Å²) in [6.45, 7) is -5.24. The molecule has 4 amide bonds. The zero-order valence-electron chi connectivity index (χ0n) is 75.3. The van der Waals surface area contributed by atoms with E-state index in [-0.39, 0.29) is 12.3 Å². The molecule has 6 aliphatic rings. The predicted octanol–water partition coefficient (Wildman–Crippen LogP) is -5.14. The van der Waals surface area contributed by atoms with Crippen LogP contribution in [0.1, 0.15) is 226 Å². The normalized spacial score (nSPS) is 34.4. The molecule has 0 bridgehead atoms. The van der Waals surface area contributed by atoms with Gasteiger partial charge in [-0.15, -0.1) is 0 Å². The van der Waals surface area contributed by atoms with Crippen molar-refractivity contribution in [1.29, 1.82) is 0 Å². The highest BCUT2D eigenvalue weighted by Gasteiger charge is 2.64. The SMILES string of the molecule is CCCCCCCCCCCCC/C=C/[C@@H](O)[C@H](CO[C@@H]1OC(CO)[C@@H](O[C@@H]2OC(CO)[C@H](O)[C@H](O[C@@H]3OC(CO)[C@@H](O[C@@H]4OC(CO)[C@H](O)[C@H](O[C@]5(C(=O)O)CC(O)[C@@H](NC(=O)CO)C([C@H](O)[C@@H](CO)O[C@]6(C(=O)O)CC(O)[C@@H](NC(=O)CO)C([C@H](O)[C@H](O)CO)O6)O5)C4O)[C@H](O)C3NC(C)=O)C2O)[C@H](O)C1O)NC(=O)CCCCCCCCCCCCCCCCCCC. The maximum absolute atomic E-state index is 13.8. The minimum Gasteiger partial charge on any atom is -0.477 e. The number of rotatable bonds is 63. The Kier molecular flexibility index (Phi) is 52.2. The molecule has 131 heavy (non-hydrogen) atoms. The molecule has 6 rings (SSSR count). The highest BCUT2D eigenvalue weighted by Crippen LogP contribution is 2.42. The van der Waals surface area contributed by atoms with E-state index in [2.05, 4.69) is 24.5 Å². The van der Waals surface area contributed by atoms with Crippen molar-refractivity contribution in [1.82, 2.24) is 21.3 Å². The van der Waals surface area contributed by atoms with Gasteiger partial charge < -0.3 is 196 Å². The van der Waals surface area contributed by atoms with Gasteiger partial charge in [-0.05, 0) is 19.3 Å². The number of hydrogen-bond acceptors (Lipinski definition) is 39. The molecule has 0 aromatic heterocycles. The highest BCUT2D eigenvalue weighted by molar-refractivity contribution is 5.79. The standard InChI is InChI=1S/C86H152N4O41/c1-4-6-8-10-12-14-16-18-19-20-21-23-25-27-29-31-33-35-58(104)88-48(49(100)34-32-30-28-26-24-22-17-15-13-11-9-7-5-2)46-120-80-70(113)69(112)74(57(43-96)124-80)126-81-71(114)77(65(108)53(39-92)121-81)127-79-63(87-47(3)99)68(111)73(56(42-95)123-79)125-82-72(115)78(66(109)54(40-93)122-82)131-86(84(118)119)37-51(102)62(90-60(106)45-98)76(130-86)67(110)55(41-94)128-85(83(116)117)36-50(101)61(89-59(105)44-97)75(129-85)64(107)52(103)38-91/h32,34,48-57,61-82,91-98,100-103,107-115H,4-31,33,35-46H2,1-3H3,(H,87,99)(H,88,104)(H,89,105)(H,90,106)(H,116,117)(H,118,119)/b34-32+/t48-,49+,50?,51?,52+,53?,54?,55+,56?,57?,61+,62+,63?,64+,65-,66-,67+,68+,69+,70?,71?,72?,73+,74+,75?,76?,77-,78-,79-,80+,81-,82-,85+,86-/m0/s1. The van der Waals surface area contributed by atoms with Gasteiger partial charge in [-0.1, -0.05) is 193 Å². The first-order chi connectivity index (χ1) is 62.6. The number of aliphatic hydroxyl groups is 21. The summed E-state index contributed by atoms with van der Waals surface area (Å²) >= 11 is 0. The number of hydrogen-bond donors (Lipinski definition) is 27. The fourth-order valence-corrected chi connectivity index (χ4v) is 17.3. The Morgan fingerprint density at radius 3 is 1.27 bits per heavy atom. The molecule has 45 nitrogen and oxygen atoms in total. The molecule has 6 heterocycles. The quantitative estimate of drug-likeness (QED) is 0.0200. The molecule has 6 saturated heterocycles. The second kappa shape index (κ2) is 59.5. The Hall–Kier alpha value is -4.76. The fourth-order valence-electron chi connectivity index (χ4n) is 17.3. The average Bonchev–Trinajstić information content (AvgIpc) is 0.754. The third-order valence-electron chi connectivity index (χ3n) is 24.8. The largest absolute Gasteiger partial charge is 0.477 e. The van der Waals surface area contributed by atoms with E-state index in [1.165, 1.54) is 116 Å². The third-order valence-corrected chi connectivity index (χ3v) is 24.8. The Balaban J connectivity index is 1.15. The Labute approximate surface area is 762 Å². The summed E-state index contributed by atoms with van der Waals surface area (Å²) in [6, 6.07) is -7.23. The lowest BCUT2D eigenvalue weighted by molar-refractivity contribution is -0.391. The molecular formula is C86H152N4O41. The van der Waals surface area contributed by atoms with Crippen LogP contribution in [0.2, 0.25) is 0 Å². The van der Waals surface area contributed by atoms with E-state index in [1.807, 2.05) is 16.7 Å². The minimum absolute atomic E-state index is 0.140. The number of aliphatic carboxylic acids is 2. The second-order valence-electron chi connectivity index (χ2n) is 35.0. The van der Waals surface area contributed by atoms with Gasteiger partial charge in [-0.3, -0.25) is 19.2 Å². The lowest BCUT2D eigenvalue weighted by Crippen LogP contribution is -2.72. The van der Waals surface area contributed by atoms with Crippen LogP contribution in [0.5, 0.6) is 0 Å². The lowest BCUT2D eigenvalue weighted by atomic mass is 9.87. The molecule has 0 saturated carbocycles. The summed E-state index contributed by atoms with van der Waals surface area (Å²) in [5.74, 6) is -15.6. The molecule has 12 unspecified atom stereocenters. The van der Waals surface area contributed by atoms with Crippen molar-refractivity contribution in [3.63, 3.8) is 0 Å². The van der Waals surface area contributed by atoms with Gasteiger partial charge in [-0.25, -0.2) is 9.59 Å². The number of unbranched alkanes of at least 4 members (excludes halogenated alkanes) is 27. The molecular weight excluding hydrogens is 1740 g/mol. The van der Waals surface area contributed by atoms with E-state index in [4.69, 9.17) is 56.8 Å².